The quantitative estimate of drug-likeness (QED) is 0.564. The molecule has 0 radical (unpaired) electrons. The minimum absolute atomic E-state index is 0.148. The van der Waals surface area contributed by atoms with Gasteiger partial charge in [0.1, 0.15) is 12.1 Å². The number of likely N-dealkylation sites (N-methyl/N-ethyl adjacent to an activating group) is 1. The van der Waals surface area contributed by atoms with Gasteiger partial charge >= 0.3 is 0 Å². The normalized spacial score (nSPS) is 33.3. The smallest absolute Gasteiger partial charge is 0.115 e. The van der Waals surface area contributed by atoms with E-state index in [0.29, 0.717) is 6.04 Å². The van der Waals surface area contributed by atoms with E-state index in [4.69, 9.17) is 0 Å². The van der Waals surface area contributed by atoms with Gasteiger partial charge in [-0.1, -0.05) is 0 Å². The molecule has 0 aliphatic carbocycles. The number of piperidine rings is 1. The molecule has 1 saturated heterocycles. The lowest BCUT2D eigenvalue weighted by Crippen LogP contribution is -2.56. The number of aliphatic hydroxyl groups excluding tert-OH is 1. The summed E-state index contributed by atoms with van der Waals surface area (Å²) in [6.45, 7) is 3.13. The molecule has 2 atom stereocenters. The van der Waals surface area contributed by atoms with Crippen molar-refractivity contribution in [2.75, 3.05) is 20.6 Å². The lowest BCUT2D eigenvalue weighted by atomic mass is 9.96. The van der Waals surface area contributed by atoms with Crippen LogP contribution in [0.2, 0.25) is 0 Å². The Balaban J connectivity index is 2.60. The molecular weight excluding hydrogens is 138 g/mol. The van der Waals surface area contributed by atoms with E-state index in [2.05, 4.69) is 14.1 Å². The number of rotatable bonds is 1. The second-order valence-corrected chi connectivity index (χ2v) is 4.31. The van der Waals surface area contributed by atoms with Crippen molar-refractivity contribution in [1.29, 1.82) is 0 Å². The molecule has 0 bridgehead atoms. The number of hydrogen-bond acceptors (Lipinski definition) is 1. The molecule has 1 fully saturated rings. The van der Waals surface area contributed by atoms with E-state index < -0.39 is 0 Å². The van der Waals surface area contributed by atoms with Gasteiger partial charge in [-0.3, -0.25) is 0 Å². The van der Waals surface area contributed by atoms with Crippen molar-refractivity contribution < 1.29 is 9.59 Å². The number of quaternary nitrogens is 1. The van der Waals surface area contributed by atoms with Crippen LogP contribution in [0.25, 0.3) is 0 Å². The Kier molecular flexibility index (Phi) is 2.55. The first-order chi connectivity index (χ1) is 5.04. The molecule has 1 aliphatic heterocycles. The molecular formula is C9H20NO+. The largest absolute Gasteiger partial charge is 0.387 e. The Labute approximate surface area is 69.4 Å². The summed E-state index contributed by atoms with van der Waals surface area (Å²) in [5, 5.41) is 9.50. The number of nitrogens with zero attached hydrogens (tertiary/aromatic N) is 1. The molecule has 0 saturated carbocycles. The second-order valence-electron chi connectivity index (χ2n) is 4.31. The predicted molar refractivity (Wildman–Crippen MR) is 46.3 cm³/mol. The Morgan fingerprint density at radius 2 is 2.00 bits per heavy atom. The molecule has 2 nitrogen and oxygen atoms in total. The van der Waals surface area contributed by atoms with Crippen molar-refractivity contribution in [2.24, 2.45) is 0 Å². The van der Waals surface area contributed by atoms with Crippen LogP contribution < -0.4 is 0 Å². The van der Waals surface area contributed by atoms with Crippen molar-refractivity contribution in [3.8, 4) is 0 Å². The van der Waals surface area contributed by atoms with Crippen molar-refractivity contribution in [3.63, 3.8) is 0 Å². The topological polar surface area (TPSA) is 20.2 Å². The first-order valence-corrected chi connectivity index (χ1v) is 4.55. The molecule has 1 aliphatic rings. The maximum atomic E-state index is 9.50. The first-order valence-electron chi connectivity index (χ1n) is 4.55. The predicted octanol–water partition coefficient (Wildman–Crippen LogP) is 0.996. The van der Waals surface area contributed by atoms with Crippen molar-refractivity contribution >= 4 is 0 Å². The maximum Gasteiger partial charge on any atom is 0.115 e. The van der Waals surface area contributed by atoms with Crippen LogP contribution in [0.3, 0.4) is 0 Å². The first kappa shape index (κ1) is 9.01. The van der Waals surface area contributed by atoms with Crippen molar-refractivity contribution in [2.45, 2.75) is 38.3 Å². The van der Waals surface area contributed by atoms with Crippen LogP contribution in [-0.2, 0) is 0 Å². The van der Waals surface area contributed by atoms with Gasteiger partial charge in [0.2, 0.25) is 0 Å². The van der Waals surface area contributed by atoms with Gasteiger partial charge in [0.25, 0.3) is 0 Å². The van der Waals surface area contributed by atoms with Crippen LogP contribution >= 0.6 is 0 Å². The molecule has 0 aromatic carbocycles. The van der Waals surface area contributed by atoms with Crippen LogP contribution in [0.5, 0.6) is 0 Å². The van der Waals surface area contributed by atoms with Crippen LogP contribution in [0.15, 0.2) is 0 Å². The molecule has 1 heterocycles. The Hall–Kier alpha value is -0.0800. The van der Waals surface area contributed by atoms with Gasteiger partial charge < -0.3 is 9.59 Å². The fourth-order valence-corrected chi connectivity index (χ4v) is 2.21. The highest BCUT2D eigenvalue weighted by molar-refractivity contribution is 4.69. The molecule has 0 unspecified atom stereocenters. The summed E-state index contributed by atoms with van der Waals surface area (Å²) in [7, 11) is 4.44. The number of likely N-dealkylation sites (tertiary alicyclic amines) is 1. The summed E-state index contributed by atoms with van der Waals surface area (Å²) >= 11 is 0. The zero-order valence-corrected chi connectivity index (χ0v) is 7.88. The molecule has 0 aromatic rings. The molecule has 66 valence electrons. The summed E-state index contributed by atoms with van der Waals surface area (Å²) < 4.78 is 0.998. The Morgan fingerprint density at radius 3 is 2.36 bits per heavy atom. The van der Waals surface area contributed by atoms with Gasteiger partial charge in [-0.15, -0.1) is 0 Å². The monoisotopic (exact) mass is 158 g/mol. The van der Waals surface area contributed by atoms with E-state index in [0.717, 1.165) is 4.48 Å². The van der Waals surface area contributed by atoms with E-state index in [1.807, 2.05) is 6.92 Å². The van der Waals surface area contributed by atoms with Crippen molar-refractivity contribution in [3.05, 3.63) is 0 Å². The zero-order valence-electron chi connectivity index (χ0n) is 7.88. The van der Waals surface area contributed by atoms with E-state index in [1.165, 1.54) is 25.8 Å². The summed E-state index contributed by atoms with van der Waals surface area (Å²) in [4.78, 5) is 0. The molecule has 0 amide bonds. The third-order valence-corrected chi connectivity index (χ3v) is 2.94. The molecule has 1 N–H and O–H groups in total. The third kappa shape index (κ3) is 1.94. The SMILES string of the molecule is C[C@H](O)[C@H]1CCCC[N+]1(C)C. The molecule has 11 heavy (non-hydrogen) atoms. The zero-order chi connectivity index (χ0) is 8.48. The van der Waals surface area contributed by atoms with Gasteiger partial charge in [0, 0.05) is 6.42 Å². The van der Waals surface area contributed by atoms with Gasteiger partial charge in [-0.05, 0) is 19.8 Å². The fraction of sp³-hybridized carbons (Fsp3) is 1.00. The third-order valence-electron chi connectivity index (χ3n) is 2.94. The fourth-order valence-electron chi connectivity index (χ4n) is 2.21. The standard InChI is InChI=1S/C9H20NO/c1-8(11)9-6-4-5-7-10(9,2)3/h8-9,11H,4-7H2,1-3H3/q+1/t8-,9+/m0/s1. The van der Waals surface area contributed by atoms with E-state index >= 15 is 0 Å². The average Bonchev–Trinajstić information content (AvgIpc) is 1.85. The summed E-state index contributed by atoms with van der Waals surface area (Å²) in [5.74, 6) is 0. The van der Waals surface area contributed by atoms with Gasteiger partial charge in [0.15, 0.2) is 0 Å². The summed E-state index contributed by atoms with van der Waals surface area (Å²) in [6.07, 6.45) is 3.64. The lowest BCUT2D eigenvalue weighted by Gasteiger charge is -2.42. The summed E-state index contributed by atoms with van der Waals surface area (Å²) in [5.41, 5.74) is 0. The minimum Gasteiger partial charge on any atom is -0.387 e. The average molecular weight is 158 g/mol. The highest BCUT2D eigenvalue weighted by atomic mass is 16.3. The Morgan fingerprint density at radius 1 is 1.36 bits per heavy atom. The van der Waals surface area contributed by atoms with E-state index in [9.17, 15) is 5.11 Å². The van der Waals surface area contributed by atoms with Crippen molar-refractivity contribution in [1.82, 2.24) is 0 Å². The van der Waals surface area contributed by atoms with Gasteiger partial charge in [-0.2, -0.15) is 0 Å². The lowest BCUT2D eigenvalue weighted by molar-refractivity contribution is -0.923. The second kappa shape index (κ2) is 3.11. The van der Waals surface area contributed by atoms with E-state index in [1.54, 1.807) is 0 Å². The maximum absolute atomic E-state index is 9.50. The number of aliphatic hydroxyl groups is 1. The molecule has 0 spiro atoms. The highest BCUT2D eigenvalue weighted by Gasteiger charge is 2.34. The minimum atomic E-state index is -0.148. The van der Waals surface area contributed by atoms with Crippen LogP contribution in [0.1, 0.15) is 26.2 Å². The van der Waals surface area contributed by atoms with Crippen LogP contribution in [0.4, 0.5) is 0 Å². The van der Waals surface area contributed by atoms with Gasteiger partial charge in [-0.25, -0.2) is 0 Å². The number of hydrogen-bond donors (Lipinski definition) is 1. The summed E-state index contributed by atoms with van der Waals surface area (Å²) in [6, 6.07) is 0.462. The molecule has 2 heteroatoms. The van der Waals surface area contributed by atoms with Gasteiger partial charge in [0.05, 0.1) is 20.6 Å². The Bertz CT molecular complexity index is 132. The molecule has 1 rings (SSSR count). The molecule has 0 aromatic heterocycles. The van der Waals surface area contributed by atoms with Crippen LogP contribution in [0, 0.1) is 0 Å². The van der Waals surface area contributed by atoms with Crippen LogP contribution in [-0.4, -0.2) is 42.4 Å². The highest BCUT2D eigenvalue weighted by Crippen LogP contribution is 2.23. The van der Waals surface area contributed by atoms with E-state index in [-0.39, 0.29) is 6.10 Å².